The molecule has 4 atom stereocenters. The van der Waals surface area contributed by atoms with E-state index in [2.05, 4.69) is 45.0 Å². The Morgan fingerprint density at radius 1 is 1.00 bits per heavy atom. The monoisotopic (exact) mass is 268 g/mol. The topological polar surface area (TPSA) is 0 Å². The van der Waals surface area contributed by atoms with Crippen molar-refractivity contribution in [2.45, 2.75) is 65.2 Å². The standard InChI is InChI=1S/C20H28/c1-19(2)12-10-16-15-8-5-4-7-14(15)13-20(3)11-6-9-17(19)18(16)20/h4-5,7-8,16-18H,6,9-13H2,1-3H3/t16-,17-,18+,20+/m1/s1. The molecule has 1 aromatic carbocycles. The first-order valence-electron chi connectivity index (χ1n) is 8.59. The van der Waals surface area contributed by atoms with E-state index >= 15 is 0 Å². The zero-order valence-electron chi connectivity index (χ0n) is 13.3. The van der Waals surface area contributed by atoms with Crippen molar-refractivity contribution in [3.63, 3.8) is 0 Å². The van der Waals surface area contributed by atoms with Crippen LogP contribution < -0.4 is 0 Å². The molecule has 0 unspecified atom stereocenters. The lowest BCUT2D eigenvalue weighted by molar-refractivity contribution is -0.0657. The number of benzene rings is 1. The first kappa shape index (κ1) is 12.9. The molecule has 1 aromatic rings. The largest absolute Gasteiger partial charge is 0.0620 e. The van der Waals surface area contributed by atoms with Gasteiger partial charge in [-0.3, -0.25) is 0 Å². The fourth-order valence-corrected chi connectivity index (χ4v) is 6.14. The molecule has 0 aromatic heterocycles. The molecular weight excluding hydrogens is 240 g/mol. The summed E-state index contributed by atoms with van der Waals surface area (Å²) in [6, 6.07) is 9.35. The molecule has 108 valence electrons. The van der Waals surface area contributed by atoms with Gasteiger partial charge in [-0.2, -0.15) is 0 Å². The van der Waals surface area contributed by atoms with Gasteiger partial charge in [0.15, 0.2) is 0 Å². The van der Waals surface area contributed by atoms with Crippen LogP contribution in [-0.2, 0) is 6.42 Å². The summed E-state index contributed by atoms with van der Waals surface area (Å²) in [5.41, 5.74) is 4.50. The maximum Gasteiger partial charge on any atom is -0.0123 e. The van der Waals surface area contributed by atoms with Gasteiger partial charge in [-0.1, -0.05) is 51.5 Å². The summed E-state index contributed by atoms with van der Waals surface area (Å²) in [4.78, 5) is 0. The Morgan fingerprint density at radius 2 is 1.80 bits per heavy atom. The van der Waals surface area contributed by atoms with Gasteiger partial charge in [0.25, 0.3) is 0 Å². The maximum absolute atomic E-state index is 2.61. The molecule has 3 aliphatic rings. The SMILES string of the molecule is CC1(C)CC[C@@H]2c3ccccc3C[C@]3(C)CCC[C@@H]1[C@H]23. The van der Waals surface area contributed by atoms with Gasteiger partial charge >= 0.3 is 0 Å². The molecule has 0 heteroatoms. The Kier molecular flexibility index (Phi) is 2.66. The Hall–Kier alpha value is -0.780. The van der Waals surface area contributed by atoms with Gasteiger partial charge in [0.1, 0.15) is 0 Å². The summed E-state index contributed by atoms with van der Waals surface area (Å²) in [6.07, 6.45) is 8.55. The predicted octanol–water partition coefficient (Wildman–Crippen LogP) is 5.57. The van der Waals surface area contributed by atoms with Crippen molar-refractivity contribution in [3.05, 3.63) is 35.4 Å². The zero-order chi connectivity index (χ0) is 14.0. The third kappa shape index (κ3) is 1.66. The summed E-state index contributed by atoms with van der Waals surface area (Å²) in [7, 11) is 0. The number of fused-ring (bicyclic) bond motifs is 2. The van der Waals surface area contributed by atoms with Gasteiger partial charge < -0.3 is 0 Å². The normalized spacial score (nSPS) is 41.6. The minimum absolute atomic E-state index is 0.565. The smallest absolute Gasteiger partial charge is 0.0123 e. The molecule has 0 saturated heterocycles. The van der Waals surface area contributed by atoms with E-state index in [0.717, 1.165) is 17.8 Å². The third-order valence-electron chi connectivity index (χ3n) is 7.09. The van der Waals surface area contributed by atoms with Crippen LogP contribution in [0.25, 0.3) is 0 Å². The first-order chi connectivity index (χ1) is 9.51. The van der Waals surface area contributed by atoms with Crippen molar-refractivity contribution < 1.29 is 0 Å². The minimum atomic E-state index is 0.565. The minimum Gasteiger partial charge on any atom is -0.0620 e. The van der Waals surface area contributed by atoms with E-state index in [1.807, 2.05) is 0 Å². The number of rotatable bonds is 0. The van der Waals surface area contributed by atoms with E-state index in [9.17, 15) is 0 Å². The molecule has 0 nitrogen and oxygen atoms in total. The van der Waals surface area contributed by atoms with Crippen molar-refractivity contribution in [1.29, 1.82) is 0 Å². The second kappa shape index (κ2) is 4.12. The maximum atomic E-state index is 2.61. The van der Waals surface area contributed by atoms with Crippen LogP contribution in [0, 0.1) is 22.7 Å². The number of hydrogen-bond donors (Lipinski definition) is 0. The molecule has 0 bridgehead atoms. The van der Waals surface area contributed by atoms with Crippen LogP contribution >= 0.6 is 0 Å². The molecule has 2 fully saturated rings. The molecule has 4 rings (SSSR count). The summed E-state index contributed by atoms with van der Waals surface area (Å²) in [6.45, 7) is 7.69. The molecule has 0 N–H and O–H groups in total. The van der Waals surface area contributed by atoms with E-state index in [1.165, 1.54) is 38.5 Å². The molecule has 0 spiro atoms. The summed E-state index contributed by atoms with van der Waals surface area (Å²) in [5.74, 6) is 2.74. The second-order valence-corrected chi connectivity index (χ2v) is 8.69. The van der Waals surface area contributed by atoms with Gasteiger partial charge in [0.05, 0.1) is 0 Å². The third-order valence-corrected chi connectivity index (χ3v) is 7.09. The quantitative estimate of drug-likeness (QED) is 0.577. The second-order valence-electron chi connectivity index (χ2n) is 8.69. The van der Waals surface area contributed by atoms with Crippen molar-refractivity contribution in [3.8, 4) is 0 Å². The van der Waals surface area contributed by atoms with Crippen LogP contribution in [0.4, 0.5) is 0 Å². The first-order valence-corrected chi connectivity index (χ1v) is 8.59. The fraction of sp³-hybridized carbons (Fsp3) is 0.700. The van der Waals surface area contributed by atoms with E-state index in [4.69, 9.17) is 0 Å². The Morgan fingerprint density at radius 3 is 2.65 bits per heavy atom. The lowest BCUT2D eigenvalue weighted by Crippen LogP contribution is -2.52. The molecule has 20 heavy (non-hydrogen) atoms. The summed E-state index contributed by atoms with van der Waals surface area (Å²) in [5, 5.41) is 0. The van der Waals surface area contributed by atoms with E-state index in [-0.39, 0.29) is 0 Å². The fourth-order valence-electron chi connectivity index (χ4n) is 6.14. The van der Waals surface area contributed by atoms with Crippen LogP contribution in [-0.4, -0.2) is 0 Å². The van der Waals surface area contributed by atoms with Crippen LogP contribution in [0.15, 0.2) is 24.3 Å². The highest BCUT2D eigenvalue weighted by Gasteiger charge is 2.55. The highest BCUT2D eigenvalue weighted by Crippen LogP contribution is 2.64. The Bertz CT molecular complexity index is 527. The molecular formula is C20H28. The zero-order valence-corrected chi connectivity index (χ0v) is 13.3. The number of hydrogen-bond acceptors (Lipinski definition) is 0. The van der Waals surface area contributed by atoms with Crippen molar-refractivity contribution >= 4 is 0 Å². The molecule has 0 radical (unpaired) electrons. The molecule has 0 amide bonds. The van der Waals surface area contributed by atoms with Crippen LogP contribution in [0.5, 0.6) is 0 Å². The van der Waals surface area contributed by atoms with Crippen molar-refractivity contribution in [2.24, 2.45) is 22.7 Å². The van der Waals surface area contributed by atoms with Gasteiger partial charge in [-0.15, -0.1) is 0 Å². The van der Waals surface area contributed by atoms with Gasteiger partial charge in [-0.05, 0) is 71.8 Å². The summed E-state index contributed by atoms with van der Waals surface area (Å²) < 4.78 is 0. The average Bonchev–Trinajstić information content (AvgIpc) is 2.41. The predicted molar refractivity (Wildman–Crippen MR) is 84.8 cm³/mol. The van der Waals surface area contributed by atoms with Crippen LogP contribution in [0.2, 0.25) is 0 Å². The van der Waals surface area contributed by atoms with E-state index in [0.29, 0.717) is 10.8 Å². The van der Waals surface area contributed by atoms with Crippen molar-refractivity contribution in [2.75, 3.05) is 0 Å². The van der Waals surface area contributed by atoms with Gasteiger partial charge in [0, 0.05) is 0 Å². The molecule has 0 aliphatic heterocycles. The van der Waals surface area contributed by atoms with Crippen LogP contribution in [0.3, 0.4) is 0 Å². The molecule has 3 aliphatic carbocycles. The lowest BCUT2D eigenvalue weighted by atomic mass is 9.44. The molecule has 2 saturated carbocycles. The van der Waals surface area contributed by atoms with Crippen molar-refractivity contribution in [1.82, 2.24) is 0 Å². The highest BCUT2D eigenvalue weighted by molar-refractivity contribution is 5.37. The summed E-state index contributed by atoms with van der Waals surface area (Å²) >= 11 is 0. The Labute approximate surface area is 124 Å². The van der Waals surface area contributed by atoms with Crippen LogP contribution in [0.1, 0.15) is 69.9 Å². The van der Waals surface area contributed by atoms with E-state index in [1.54, 1.807) is 11.1 Å². The van der Waals surface area contributed by atoms with Gasteiger partial charge in [-0.25, -0.2) is 0 Å². The molecule has 0 heterocycles. The van der Waals surface area contributed by atoms with E-state index < -0.39 is 0 Å². The van der Waals surface area contributed by atoms with Gasteiger partial charge in [0.2, 0.25) is 0 Å². The average molecular weight is 268 g/mol. The highest BCUT2D eigenvalue weighted by atomic mass is 14.6. The Balaban J connectivity index is 1.85. The lowest BCUT2D eigenvalue weighted by Gasteiger charge is -2.60.